The summed E-state index contributed by atoms with van der Waals surface area (Å²) in [5.74, 6) is 0.830. The van der Waals surface area contributed by atoms with E-state index in [0.29, 0.717) is 5.28 Å². The standard InChI is InChI=1S/C14H13BrClN3S2/c1-2-8-7-10-12(18-14(16)19-13(10)21-8)17-6-5-9-3-4-11(15)20-9/h3-4,7H,2,5-6H2,1H3,(H,17,18,19). The van der Waals surface area contributed by atoms with Crippen LogP contribution in [-0.4, -0.2) is 16.5 Å². The van der Waals surface area contributed by atoms with Gasteiger partial charge in [0.25, 0.3) is 0 Å². The Morgan fingerprint density at radius 1 is 1.24 bits per heavy atom. The van der Waals surface area contributed by atoms with E-state index in [1.807, 2.05) is 0 Å². The highest BCUT2D eigenvalue weighted by Crippen LogP contribution is 2.30. The van der Waals surface area contributed by atoms with Crippen LogP contribution < -0.4 is 5.32 Å². The number of hydrogen-bond acceptors (Lipinski definition) is 5. The van der Waals surface area contributed by atoms with Gasteiger partial charge in [0.05, 0.1) is 9.17 Å². The van der Waals surface area contributed by atoms with Gasteiger partial charge in [-0.15, -0.1) is 22.7 Å². The van der Waals surface area contributed by atoms with Gasteiger partial charge < -0.3 is 5.32 Å². The molecule has 0 unspecified atom stereocenters. The lowest BCUT2D eigenvalue weighted by atomic mass is 10.3. The lowest BCUT2D eigenvalue weighted by Crippen LogP contribution is -2.06. The predicted octanol–water partition coefficient (Wildman–Crippen LogP) is 5.39. The Morgan fingerprint density at radius 3 is 2.81 bits per heavy atom. The largest absolute Gasteiger partial charge is 0.369 e. The van der Waals surface area contributed by atoms with E-state index in [1.54, 1.807) is 22.7 Å². The Bertz CT molecular complexity index is 769. The van der Waals surface area contributed by atoms with Crippen LogP contribution in [0.15, 0.2) is 22.0 Å². The summed E-state index contributed by atoms with van der Waals surface area (Å²) < 4.78 is 1.16. The third-order valence-corrected chi connectivity index (χ3v) is 6.08. The van der Waals surface area contributed by atoms with Crippen molar-refractivity contribution in [2.24, 2.45) is 0 Å². The van der Waals surface area contributed by atoms with E-state index in [2.05, 4.69) is 56.3 Å². The molecule has 1 N–H and O–H groups in total. The van der Waals surface area contributed by atoms with Crippen LogP contribution in [0.3, 0.4) is 0 Å². The van der Waals surface area contributed by atoms with Gasteiger partial charge in [0.1, 0.15) is 10.6 Å². The minimum atomic E-state index is 0.299. The molecule has 0 atom stereocenters. The molecule has 7 heteroatoms. The molecule has 110 valence electrons. The predicted molar refractivity (Wildman–Crippen MR) is 96.0 cm³/mol. The number of fused-ring (bicyclic) bond motifs is 1. The smallest absolute Gasteiger partial charge is 0.225 e. The highest BCUT2D eigenvalue weighted by atomic mass is 79.9. The summed E-state index contributed by atoms with van der Waals surface area (Å²) in [5, 5.41) is 4.75. The Balaban J connectivity index is 1.77. The molecule has 0 fully saturated rings. The van der Waals surface area contributed by atoms with Crippen molar-refractivity contribution in [3.63, 3.8) is 0 Å². The van der Waals surface area contributed by atoms with Gasteiger partial charge in [0.2, 0.25) is 5.28 Å². The first-order chi connectivity index (χ1) is 10.2. The summed E-state index contributed by atoms with van der Waals surface area (Å²) in [7, 11) is 0. The van der Waals surface area contributed by atoms with E-state index < -0.39 is 0 Å². The molecule has 21 heavy (non-hydrogen) atoms. The Labute approximate surface area is 144 Å². The Hall–Kier alpha value is -0.690. The molecular weight excluding hydrogens is 390 g/mol. The van der Waals surface area contributed by atoms with E-state index in [1.165, 1.54) is 9.75 Å². The van der Waals surface area contributed by atoms with Gasteiger partial charge in [-0.1, -0.05) is 6.92 Å². The number of nitrogens with one attached hydrogen (secondary N) is 1. The van der Waals surface area contributed by atoms with Crippen molar-refractivity contribution in [2.75, 3.05) is 11.9 Å². The van der Waals surface area contributed by atoms with Crippen molar-refractivity contribution in [1.29, 1.82) is 0 Å². The van der Waals surface area contributed by atoms with Gasteiger partial charge in [0.15, 0.2) is 0 Å². The lowest BCUT2D eigenvalue weighted by molar-refractivity contribution is 1.03. The molecule has 3 aromatic heterocycles. The molecule has 0 aliphatic rings. The molecule has 3 aromatic rings. The van der Waals surface area contributed by atoms with Crippen LogP contribution >= 0.6 is 50.2 Å². The van der Waals surface area contributed by atoms with Gasteiger partial charge in [-0.3, -0.25) is 0 Å². The summed E-state index contributed by atoms with van der Waals surface area (Å²) in [6.45, 7) is 2.97. The van der Waals surface area contributed by atoms with E-state index in [4.69, 9.17) is 11.6 Å². The summed E-state index contributed by atoms with van der Waals surface area (Å²) in [5.41, 5.74) is 0. The molecule has 3 rings (SSSR count). The zero-order valence-corrected chi connectivity index (χ0v) is 15.3. The first-order valence-electron chi connectivity index (χ1n) is 6.59. The zero-order valence-electron chi connectivity index (χ0n) is 11.3. The van der Waals surface area contributed by atoms with Crippen molar-refractivity contribution < 1.29 is 0 Å². The second-order valence-corrected chi connectivity index (χ2v) is 8.51. The topological polar surface area (TPSA) is 37.8 Å². The molecule has 0 bridgehead atoms. The molecule has 0 saturated carbocycles. The van der Waals surface area contributed by atoms with Crippen LogP contribution in [0.5, 0.6) is 0 Å². The van der Waals surface area contributed by atoms with Crippen LogP contribution in [0.25, 0.3) is 10.2 Å². The minimum absolute atomic E-state index is 0.299. The van der Waals surface area contributed by atoms with E-state index in [0.717, 1.165) is 39.2 Å². The van der Waals surface area contributed by atoms with Crippen molar-refractivity contribution in [3.8, 4) is 0 Å². The van der Waals surface area contributed by atoms with E-state index in [9.17, 15) is 0 Å². The monoisotopic (exact) mass is 401 g/mol. The van der Waals surface area contributed by atoms with Gasteiger partial charge in [-0.25, -0.2) is 9.97 Å². The van der Waals surface area contributed by atoms with Crippen LogP contribution in [0.1, 0.15) is 16.7 Å². The molecular formula is C14H13BrClN3S2. The van der Waals surface area contributed by atoms with Gasteiger partial charge in [-0.2, -0.15) is 0 Å². The lowest BCUT2D eigenvalue weighted by Gasteiger charge is -2.06. The number of halogens is 2. The maximum absolute atomic E-state index is 6.02. The summed E-state index contributed by atoms with van der Waals surface area (Å²) in [6, 6.07) is 6.37. The third kappa shape index (κ3) is 3.56. The first kappa shape index (κ1) is 15.2. The second-order valence-electron chi connectivity index (χ2n) is 4.51. The van der Waals surface area contributed by atoms with Crippen molar-refractivity contribution in [1.82, 2.24) is 9.97 Å². The van der Waals surface area contributed by atoms with Crippen LogP contribution in [0, 0.1) is 0 Å². The molecule has 0 radical (unpaired) electrons. The molecule has 0 aromatic carbocycles. The maximum Gasteiger partial charge on any atom is 0.225 e. The molecule has 0 aliphatic heterocycles. The Morgan fingerprint density at radius 2 is 2.10 bits per heavy atom. The van der Waals surface area contributed by atoms with Crippen molar-refractivity contribution in [3.05, 3.63) is 37.0 Å². The first-order valence-corrected chi connectivity index (χ1v) is 9.40. The molecule has 3 nitrogen and oxygen atoms in total. The van der Waals surface area contributed by atoms with Crippen LogP contribution in [0.2, 0.25) is 5.28 Å². The fraction of sp³-hybridized carbons (Fsp3) is 0.286. The maximum atomic E-state index is 6.02. The average molecular weight is 403 g/mol. The normalized spacial score (nSPS) is 11.2. The number of thiophene rings is 2. The SMILES string of the molecule is CCc1cc2c(NCCc3ccc(Br)s3)nc(Cl)nc2s1. The highest BCUT2D eigenvalue weighted by molar-refractivity contribution is 9.11. The summed E-state index contributed by atoms with van der Waals surface area (Å²) >= 11 is 12.9. The average Bonchev–Trinajstić information content (AvgIpc) is 3.04. The fourth-order valence-corrected chi connectivity index (χ4v) is 4.71. The number of anilines is 1. The Kier molecular flexibility index (Phi) is 4.78. The minimum Gasteiger partial charge on any atom is -0.369 e. The van der Waals surface area contributed by atoms with Crippen LogP contribution in [0.4, 0.5) is 5.82 Å². The van der Waals surface area contributed by atoms with Gasteiger partial charge >= 0.3 is 0 Å². The molecule has 0 aliphatic carbocycles. The second kappa shape index (κ2) is 6.60. The van der Waals surface area contributed by atoms with Gasteiger partial charge in [0, 0.05) is 16.3 Å². The number of aromatic nitrogens is 2. The number of rotatable bonds is 5. The molecule has 0 amide bonds. The summed E-state index contributed by atoms with van der Waals surface area (Å²) in [6.07, 6.45) is 1.96. The summed E-state index contributed by atoms with van der Waals surface area (Å²) in [4.78, 5) is 12.2. The van der Waals surface area contributed by atoms with Crippen molar-refractivity contribution >= 4 is 66.2 Å². The molecule has 3 heterocycles. The fourth-order valence-electron chi connectivity index (χ4n) is 2.04. The van der Waals surface area contributed by atoms with Crippen LogP contribution in [-0.2, 0) is 12.8 Å². The zero-order chi connectivity index (χ0) is 14.8. The number of hydrogen-bond donors (Lipinski definition) is 1. The number of nitrogens with zero attached hydrogens (tertiary/aromatic N) is 2. The molecule has 0 saturated heterocycles. The highest BCUT2D eigenvalue weighted by Gasteiger charge is 2.10. The molecule has 0 spiro atoms. The van der Waals surface area contributed by atoms with E-state index >= 15 is 0 Å². The van der Waals surface area contributed by atoms with E-state index in [-0.39, 0.29) is 0 Å². The number of aryl methyl sites for hydroxylation is 1. The van der Waals surface area contributed by atoms with Crippen molar-refractivity contribution in [2.45, 2.75) is 19.8 Å². The van der Waals surface area contributed by atoms with Gasteiger partial charge in [-0.05, 0) is 58.6 Å². The quantitative estimate of drug-likeness (QED) is 0.582. The third-order valence-electron chi connectivity index (χ3n) is 3.06.